The van der Waals surface area contributed by atoms with Gasteiger partial charge in [0.1, 0.15) is 0 Å². The third-order valence-corrected chi connectivity index (χ3v) is 7.96. The molecule has 6 heteroatoms. The van der Waals surface area contributed by atoms with Crippen LogP contribution in [0.4, 0.5) is 5.69 Å². The normalized spacial score (nSPS) is 25.6. The molecule has 4 heterocycles. The third-order valence-electron chi connectivity index (χ3n) is 7.04. The molecule has 0 spiro atoms. The summed E-state index contributed by atoms with van der Waals surface area (Å²) in [6.45, 7) is 9.13. The number of carbonyl (C=O) groups is 1. The number of aryl methyl sites for hydroxylation is 1. The average molecular weight is 453 g/mol. The number of fused-ring (bicyclic) bond motifs is 1. The zero-order valence-corrected chi connectivity index (χ0v) is 19.9. The minimum Gasteiger partial charge on any atom is -0.393 e. The van der Waals surface area contributed by atoms with Gasteiger partial charge in [-0.05, 0) is 79.0 Å². The van der Waals surface area contributed by atoms with Crippen LogP contribution in [0.2, 0.25) is 0 Å². The van der Waals surface area contributed by atoms with Crippen molar-refractivity contribution >= 4 is 28.5 Å². The van der Waals surface area contributed by atoms with E-state index in [9.17, 15) is 9.90 Å². The zero-order valence-electron chi connectivity index (χ0n) is 19.1. The molecule has 0 saturated carbocycles. The molecule has 0 radical (unpaired) electrons. The van der Waals surface area contributed by atoms with E-state index in [1.165, 1.54) is 16.0 Å². The van der Waals surface area contributed by atoms with Crippen molar-refractivity contribution in [1.82, 2.24) is 4.90 Å². The summed E-state index contributed by atoms with van der Waals surface area (Å²) < 4.78 is 6.47. The van der Waals surface area contributed by atoms with Crippen molar-refractivity contribution in [3.63, 3.8) is 0 Å². The molecule has 2 unspecified atom stereocenters. The second-order valence-electron chi connectivity index (χ2n) is 9.72. The molecular formula is C26H32N2O3S. The number of rotatable bonds is 5. The molecule has 1 fully saturated rings. The van der Waals surface area contributed by atoms with E-state index in [1.807, 2.05) is 0 Å². The monoisotopic (exact) mass is 452 g/mol. The maximum absolute atomic E-state index is 12.9. The topological polar surface area (TPSA) is 61.8 Å². The van der Waals surface area contributed by atoms with Crippen molar-refractivity contribution in [3.8, 4) is 0 Å². The summed E-state index contributed by atoms with van der Waals surface area (Å²) >= 11 is 1.78. The summed E-state index contributed by atoms with van der Waals surface area (Å²) in [6, 6.07) is 8.55. The van der Waals surface area contributed by atoms with Crippen LogP contribution in [-0.2, 0) is 22.5 Å². The van der Waals surface area contributed by atoms with Gasteiger partial charge in [-0.3, -0.25) is 9.69 Å². The Labute approximate surface area is 194 Å². The first-order chi connectivity index (χ1) is 15.3. The number of thiophene rings is 1. The summed E-state index contributed by atoms with van der Waals surface area (Å²) in [5, 5.41) is 15.0. The fourth-order valence-corrected chi connectivity index (χ4v) is 6.12. The van der Waals surface area contributed by atoms with Crippen LogP contribution in [0.3, 0.4) is 0 Å². The molecule has 0 bridgehead atoms. The number of amides is 1. The van der Waals surface area contributed by atoms with Gasteiger partial charge in [-0.25, -0.2) is 0 Å². The van der Waals surface area contributed by atoms with E-state index in [4.69, 9.17) is 4.74 Å². The summed E-state index contributed by atoms with van der Waals surface area (Å²) in [5.74, 6) is -0.296. The maximum Gasteiger partial charge on any atom is 0.234 e. The summed E-state index contributed by atoms with van der Waals surface area (Å²) in [5.41, 5.74) is 5.07. The molecule has 0 aliphatic carbocycles. The molecular weight excluding hydrogens is 420 g/mol. The number of hydrogen-bond acceptors (Lipinski definition) is 5. The summed E-state index contributed by atoms with van der Waals surface area (Å²) in [6.07, 6.45) is 4.41. The molecule has 2 aromatic rings. The summed E-state index contributed by atoms with van der Waals surface area (Å²) in [7, 11) is 0. The zero-order chi connectivity index (χ0) is 22.5. The van der Waals surface area contributed by atoms with Gasteiger partial charge in [-0.2, -0.15) is 0 Å². The van der Waals surface area contributed by atoms with Crippen molar-refractivity contribution < 1.29 is 14.6 Å². The molecule has 3 aliphatic rings. The Morgan fingerprint density at radius 1 is 1.25 bits per heavy atom. The molecule has 1 saturated heterocycles. The van der Waals surface area contributed by atoms with Crippen LogP contribution >= 0.6 is 11.3 Å². The SMILES string of the molecule is CCc1ccc2c(c1)NC(=O)C2C1C=C(c2csc(CN3CCC(O)CC3)c2)C(C)(C)O1. The average Bonchev–Trinajstić information content (AvgIpc) is 3.43. The molecule has 170 valence electrons. The van der Waals surface area contributed by atoms with E-state index >= 15 is 0 Å². The van der Waals surface area contributed by atoms with Crippen LogP contribution in [0.25, 0.3) is 5.57 Å². The molecule has 2 N–H and O–H groups in total. The molecule has 3 aliphatic heterocycles. The van der Waals surface area contributed by atoms with Gasteiger partial charge >= 0.3 is 0 Å². The quantitative estimate of drug-likeness (QED) is 0.698. The van der Waals surface area contributed by atoms with Crippen molar-refractivity contribution in [2.24, 2.45) is 0 Å². The number of ether oxygens (including phenoxy) is 1. The lowest BCUT2D eigenvalue weighted by atomic mass is 9.91. The van der Waals surface area contributed by atoms with Gasteiger partial charge in [0.2, 0.25) is 5.91 Å². The van der Waals surface area contributed by atoms with Crippen LogP contribution < -0.4 is 5.32 Å². The highest BCUT2D eigenvalue weighted by atomic mass is 32.1. The van der Waals surface area contributed by atoms with Gasteiger partial charge in [-0.15, -0.1) is 11.3 Å². The van der Waals surface area contributed by atoms with Crippen LogP contribution in [0.5, 0.6) is 0 Å². The Hall–Kier alpha value is -1.99. The largest absolute Gasteiger partial charge is 0.393 e. The van der Waals surface area contributed by atoms with Gasteiger partial charge in [-0.1, -0.05) is 19.1 Å². The maximum atomic E-state index is 12.9. The van der Waals surface area contributed by atoms with E-state index in [2.05, 4.69) is 66.7 Å². The molecule has 2 atom stereocenters. The first-order valence-corrected chi connectivity index (χ1v) is 12.5. The second-order valence-corrected chi connectivity index (χ2v) is 10.7. The molecule has 5 nitrogen and oxygen atoms in total. The van der Waals surface area contributed by atoms with E-state index < -0.39 is 5.60 Å². The number of aliphatic hydroxyl groups is 1. The Bertz CT molecular complexity index is 1050. The fraction of sp³-hybridized carbons (Fsp3) is 0.500. The van der Waals surface area contributed by atoms with Gasteiger partial charge < -0.3 is 15.2 Å². The number of anilines is 1. The molecule has 32 heavy (non-hydrogen) atoms. The molecule has 1 amide bonds. The number of hydrogen-bond donors (Lipinski definition) is 2. The van der Waals surface area contributed by atoms with Crippen LogP contribution in [0, 0.1) is 0 Å². The minimum absolute atomic E-state index is 0.0184. The summed E-state index contributed by atoms with van der Waals surface area (Å²) in [4.78, 5) is 16.6. The first kappa shape index (κ1) is 21.8. The van der Waals surface area contributed by atoms with Crippen molar-refractivity contribution in [2.45, 2.75) is 70.3 Å². The fourth-order valence-electron chi connectivity index (χ4n) is 5.19. The number of aliphatic hydroxyl groups excluding tert-OH is 1. The van der Waals surface area contributed by atoms with Crippen molar-refractivity contribution in [1.29, 1.82) is 0 Å². The number of likely N-dealkylation sites (tertiary alicyclic amines) is 1. The third kappa shape index (κ3) is 4.05. The lowest BCUT2D eigenvalue weighted by molar-refractivity contribution is -0.120. The van der Waals surface area contributed by atoms with Crippen molar-refractivity contribution in [3.05, 3.63) is 57.3 Å². The molecule has 1 aromatic heterocycles. The number of carbonyl (C=O) groups excluding carboxylic acids is 1. The predicted molar refractivity (Wildman–Crippen MR) is 129 cm³/mol. The Kier molecular flexibility index (Phi) is 5.74. The Morgan fingerprint density at radius 3 is 2.78 bits per heavy atom. The van der Waals surface area contributed by atoms with Gasteiger partial charge in [0, 0.05) is 30.2 Å². The number of benzene rings is 1. The highest BCUT2D eigenvalue weighted by Gasteiger charge is 2.44. The van der Waals surface area contributed by atoms with E-state index in [0.29, 0.717) is 0 Å². The predicted octanol–water partition coefficient (Wildman–Crippen LogP) is 4.56. The molecule has 1 aromatic carbocycles. The van der Waals surface area contributed by atoms with Gasteiger partial charge in [0.25, 0.3) is 0 Å². The first-order valence-electron chi connectivity index (χ1n) is 11.7. The Balaban J connectivity index is 1.37. The van der Waals surface area contributed by atoms with Gasteiger partial charge in [0.05, 0.1) is 23.7 Å². The highest BCUT2D eigenvalue weighted by Crippen LogP contribution is 2.46. The second kappa shape index (κ2) is 8.41. The van der Waals surface area contributed by atoms with Crippen LogP contribution in [0.15, 0.2) is 35.7 Å². The number of nitrogens with zero attached hydrogens (tertiary/aromatic N) is 1. The highest BCUT2D eigenvalue weighted by molar-refractivity contribution is 7.10. The standard InChI is InChI=1S/C26H32N2O3S/c1-4-16-5-6-20-22(11-16)27-25(30)24(20)23-13-21(26(2,3)31-23)17-12-19(32-15-17)14-28-9-7-18(29)8-10-28/h5-6,11-13,15,18,23-24,29H,4,7-10,14H2,1-3H3,(H,27,30). The van der Waals surface area contributed by atoms with E-state index in [0.717, 1.165) is 55.7 Å². The minimum atomic E-state index is -0.454. The Morgan fingerprint density at radius 2 is 2.03 bits per heavy atom. The van der Waals surface area contributed by atoms with Crippen LogP contribution in [-0.4, -0.2) is 46.8 Å². The van der Waals surface area contributed by atoms with E-state index in [-0.39, 0.29) is 24.0 Å². The lowest BCUT2D eigenvalue weighted by Crippen LogP contribution is -2.35. The van der Waals surface area contributed by atoms with Gasteiger partial charge in [0.15, 0.2) is 0 Å². The smallest absolute Gasteiger partial charge is 0.234 e. The van der Waals surface area contributed by atoms with E-state index in [1.54, 1.807) is 11.3 Å². The number of nitrogens with one attached hydrogen (secondary N) is 1. The number of piperidine rings is 1. The molecule has 5 rings (SSSR count). The van der Waals surface area contributed by atoms with Crippen LogP contribution in [0.1, 0.15) is 61.1 Å². The van der Waals surface area contributed by atoms with Crippen molar-refractivity contribution in [2.75, 3.05) is 18.4 Å². The lowest BCUT2D eigenvalue weighted by Gasteiger charge is -2.28.